The Hall–Kier alpha value is -1.58. The molecule has 1 aliphatic rings. The van der Waals surface area contributed by atoms with Crippen LogP contribution in [0, 0.1) is 11.6 Å². The number of hydrogen-bond donors (Lipinski definition) is 2. The summed E-state index contributed by atoms with van der Waals surface area (Å²) < 4.78 is 58.7. The van der Waals surface area contributed by atoms with E-state index in [1.165, 1.54) is 0 Å². The van der Waals surface area contributed by atoms with Crippen LogP contribution in [-0.2, 0) is 14.8 Å². The molecule has 9 heteroatoms. The summed E-state index contributed by atoms with van der Waals surface area (Å²) in [6.45, 7) is 1.99. The normalized spacial score (nSPS) is 22.4. The monoisotopic (exact) mass is 321 g/mol. The Morgan fingerprint density at radius 3 is 2.62 bits per heavy atom. The summed E-state index contributed by atoms with van der Waals surface area (Å²) in [5.41, 5.74) is -0.648. The molecular formula is C12H13F2NO5S. The highest BCUT2D eigenvalue weighted by Gasteiger charge is 2.32. The Balaban J connectivity index is 2.41. The van der Waals surface area contributed by atoms with E-state index in [4.69, 9.17) is 9.84 Å². The molecule has 0 spiro atoms. The summed E-state index contributed by atoms with van der Waals surface area (Å²) in [7, 11) is -4.39. The summed E-state index contributed by atoms with van der Waals surface area (Å²) in [5, 5.41) is 8.79. The van der Waals surface area contributed by atoms with Gasteiger partial charge in [-0.05, 0) is 25.5 Å². The molecule has 1 aromatic rings. The average molecular weight is 321 g/mol. The zero-order chi connectivity index (χ0) is 15.8. The largest absolute Gasteiger partial charge is 0.478 e. The third kappa shape index (κ3) is 3.20. The second kappa shape index (κ2) is 5.66. The zero-order valence-electron chi connectivity index (χ0n) is 11.0. The van der Waals surface area contributed by atoms with Crippen LogP contribution >= 0.6 is 0 Å². The van der Waals surface area contributed by atoms with Crippen molar-refractivity contribution in [2.24, 2.45) is 0 Å². The summed E-state index contributed by atoms with van der Waals surface area (Å²) in [5.74, 6) is -4.70. The van der Waals surface area contributed by atoms with Gasteiger partial charge >= 0.3 is 5.97 Å². The molecule has 1 saturated heterocycles. The van der Waals surface area contributed by atoms with Crippen LogP contribution in [-0.4, -0.2) is 38.2 Å². The summed E-state index contributed by atoms with van der Waals surface area (Å²) in [4.78, 5) is 9.79. The highest BCUT2D eigenvalue weighted by atomic mass is 32.2. The number of sulfonamides is 1. The van der Waals surface area contributed by atoms with E-state index in [2.05, 4.69) is 4.72 Å². The molecule has 1 aromatic carbocycles. The van der Waals surface area contributed by atoms with Crippen molar-refractivity contribution in [1.29, 1.82) is 0 Å². The number of rotatable bonds is 4. The molecule has 2 N–H and O–H groups in total. The van der Waals surface area contributed by atoms with Gasteiger partial charge in [-0.3, -0.25) is 0 Å². The van der Waals surface area contributed by atoms with Crippen LogP contribution < -0.4 is 4.72 Å². The van der Waals surface area contributed by atoms with Gasteiger partial charge in [0.2, 0.25) is 10.0 Å². The van der Waals surface area contributed by atoms with E-state index < -0.39 is 50.2 Å². The van der Waals surface area contributed by atoms with Gasteiger partial charge in [0.1, 0.15) is 4.90 Å². The maximum Gasteiger partial charge on any atom is 0.335 e. The zero-order valence-corrected chi connectivity index (χ0v) is 11.8. The average Bonchev–Trinajstić information content (AvgIpc) is 2.77. The topological polar surface area (TPSA) is 92.7 Å². The van der Waals surface area contributed by atoms with E-state index in [1.807, 2.05) is 0 Å². The molecule has 0 saturated carbocycles. The lowest BCUT2D eigenvalue weighted by molar-refractivity contribution is 0.0696. The van der Waals surface area contributed by atoms with Gasteiger partial charge in [0, 0.05) is 6.61 Å². The maximum atomic E-state index is 13.7. The Bertz CT molecular complexity index is 676. The van der Waals surface area contributed by atoms with Crippen LogP contribution in [0.5, 0.6) is 0 Å². The van der Waals surface area contributed by atoms with Gasteiger partial charge in [-0.15, -0.1) is 0 Å². The van der Waals surface area contributed by atoms with Crippen molar-refractivity contribution in [1.82, 2.24) is 4.72 Å². The summed E-state index contributed by atoms with van der Waals surface area (Å²) >= 11 is 0. The van der Waals surface area contributed by atoms with E-state index >= 15 is 0 Å². The number of carbonyl (C=O) groups is 1. The molecule has 116 valence electrons. The third-order valence-corrected chi connectivity index (χ3v) is 4.70. The van der Waals surface area contributed by atoms with Crippen LogP contribution in [0.1, 0.15) is 23.7 Å². The number of nitrogens with one attached hydrogen (secondary N) is 1. The van der Waals surface area contributed by atoms with Crippen LogP contribution in [0.3, 0.4) is 0 Å². The predicted octanol–water partition coefficient (Wildman–Crippen LogP) is 1.12. The Morgan fingerprint density at radius 2 is 2.10 bits per heavy atom. The van der Waals surface area contributed by atoms with Crippen molar-refractivity contribution in [3.05, 3.63) is 29.3 Å². The first-order valence-corrected chi connectivity index (χ1v) is 7.57. The molecule has 2 atom stereocenters. The molecule has 0 bridgehead atoms. The number of aromatic carboxylic acids is 1. The molecule has 2 unspecified atom stereocenters. The van der Waals surface area contributed by atoms with E-state index in [0.717, 1.165) is 0 Å². The van der Waals surface area contributed by atoms with Gasteiger partial charge in [0.25, 0.3) is 0 Å². The first-order valence-electron chi connectivity index (χ1n) is 6.08. The number of benzene rings is 1. The van der Waals surface area contributed by atoms with E-state index in [1.54, 1.807) is 6.92 Å². The quantitative estimate of drug-likeness (QED) is 0.867. The molecule has 6 nitrogen and oxygen atoms in total. The van der Waals surface area contributed by atoms with Crippen LogP contribution in [0.25, 0.3) is 0 Å². The fourth-order valence-electron chi connectivity index (χ4n) is 2.03. The molecular weight excluding hydrogens is 308 g/mol. The number of ether oxygens (including phenoxy) is 1. The Labute approximate surface area is 119 Å². The molecule has 21 heavy (non-hydrogen) atoms. The van der Waals surface area contributed by atoms with Gasteiger partial charge in [0.15, 0.2) is 11.6 Å². The molecule has 0 radical (unpaired) electrons. The predicted molar refractivity (Wildman–Crippen MR) is 67.5 cm³/mol. The summed E-state index contributed by atoms with van der Waals surface area (Å²) in [6, 6.07) is 0.438. The van der Waals surface area contributed by atoms with Gasteiger partial charge < -0.3 is 9.84 Å². The number of hydrogen-bond acceptors (Lipinski definition) is 4. The molecule has 1 heterocycles. The SMILES string of the molecule is CC1OCCC1NS(=O)(=O)c1cc(C(=O)O)cc(F)c1F. The maximum absolute atomic E-state index is 13.7. The lowest BCUT2D eigenvalue weighted by atomic mass is 10.2. The second-order valence-electron chi connectivity index (χ2n) is 4.67. The lowest BCUT2D eigenvalue weighted by Gasteiger charge is -2.16. The lowest BCUT2D eigenvalue weighted by Crippen LogP contribution is -2.39. The van der Waals surface area contributed by atoms with E-state index in [-0.39, 0.29) is 0 Å². The van der Waals surface area contributed by atoms with Crippen molar-refractivity contribution >= 4 is 16.0 Å². The minimum atomic E-state index is -4.39. The Kier molecular flexibility index (Phi) is 4.26. The highest BCUT2D eigenvalue weighted by Crippen LogP contribution is 2.22. The second-order valence-corrected chi connectivity index (χ2v) is 6.35. The van der Waals surface area contributed by atoms with Crippen molar-refractivity contribution in [2.75, 3.05) is 6.61 Å². The third-order valence-electron chi connectivity index (χ3n) is 3.21. The molecule has 1 fully saturated rings. The van der Waals surface area contributed by atoms with Gasteiger partial charge in [-0.2, -0.15) is 0 Å². The molecule has 0 amide bonds. The van der Waals surface area contributed by atoms with E-state index in [9.17, 15) is 22.0 Å². The van der Waals surface area contributed by atoms with Crippen molar-refractivity contribution in [3.63, 3.8) is 0 Å². The smallest absolute Gasteiger partial charge is 0.335 e. The van der Waals surface area contributed by atoms with Crippen LogP contribution in [0.4, 0.5) is 8.78 Å². The first kappa shape index (κ1) is 15.8. The molecule has 1 aliphatic heterocycles. The fraction of sp³-hybridized carbons (Fsp3) is 0.417. The molecule has 2 rings (SSSR count). The minimum Gasteiger partial charge on any atom is -0.478 e. The molecule has 0 aliphatic carbocycles. The number of halogens is 2. The molecule has 0 aromatic heterocycles. The van der Waals surface area contributed by atoms with Crippen LogP contribution in [0.2, 0.25) is 0 Å². The highest BCUT2D eigenvalue weighted by molar-refractivity contribution is 7.89. The van der Waals surface area contributed by atoms with Gasteiger partial charge in [0.05, 0.1) is 17.7 Å². The van der Waals surface area contributed by atoms with Crippen molar-refractivity contribution in [3.8, 4) is 0 Å². The minimum absolute atomic E-state index is 0.348. The fourth-order valence-corrected chi connectivity index (χ4v) is 3.48. The van der Waals surface area contributed by atoms with Gasteiger partial charge in [-0.25, -0.2) is 26.7 Å². The van der Waals surface area contributed by atoms with Gasteiger partial charge in [-0.1, -0.05) is 0 Å². The first-order chi connectivity index (χ1) is 9.72. The van der Waals surface area contributed by atoms with E-state index in [0.29, 0.717) is 25.2 Å². The Morgan fingerprint density at radius 1 is 1.43 bits per heavy atom. The van der Waals surface area contributed by atoms with Crippen molar-refractivity contribution in [2.45, 2.75) is 30.4 Å². The number of carboxylic acids is 1. The standard InChI is InChI=1S/C12H13F2NO5S/c1-6-9(2-3-20-6)15-21(18,19)10-5-7(12(16)17)4-8(13)11(10)14/h4-6,9,15H,2-3H2,1H3,(H,16,17). The van der Waals surface area contributed by atoms with Crippen LogP contribution in [0.15, 0.2) is 17.0 Å². The summed E-state index contributed by atoms with van der Waals surface area (Å²) in [6.07, 6.45) is -0.0151. The number of carboxylic acid groups (broad SMARTS) is 1. The van der Waals surface area contributed by atoms with Crippen molar-refractivity contribution < 1.29 is 31.8 Å².